The van der Waals surface area contributed by atoms with Gasteiger partial charge in [0.25, 0.3) is 0 Å². The summed E-state index contributed by atoms with van der Waals surface area (Å²) in [6.45, 7) is 12.2. The Bertz CT molecular complexity index is 1100. The maximum Gasteiger partial charge on any atom is 0.247 e. The molecule has 1 aliphatic carbocycles. The van der Waals surface area contributed by atoms with Crippen molar-refractivity contribution in [1.29, 1.82) is 0 Å². The Morgan fingerprint density at radius 1 is 0.971 bits per heavy atom. The van der Waals surface area contributed by atoms with Crippen molar-refractivity contribution >= 4 is 5.95 Å². The number of hydrogen-bond donors (Lipinski definition) is 0. The van der Waals surface area contributed by atoms with Gasteiger partial charge in [-0.25, -0.2) is 9.97 Å². The molecule has 184 valence electrons. The molecular formula is C28H36N6O. The van der Waals surface area contributed by atoms with E-state index in [-0.39, 0.29) is 0 Å². The lowest BCUT2D eigenvalue weighted by Gasteiger charge is -2.41. The molecule has 0 spiro atoms. The van der Waals surface area contributed by atoms with E-state index in [0.717, 1.165) is 56.5 Å². The van der Waals surface area contributed by atoms with Crippen molar-refractivity contribution in [2.75, 3.05) is 37.6 Å². The van der Waals surface area contributed by atoms with Gasteiger partial charge in [0.05, 0.1) is 0 Å². The lowest BCUT2D eigenvalue weighted by atomic mass is 9.69. The second-order valence-electron chi connectivity index (χ2n) is 10.3. The Kier molecular flexibility index (Phi) is 7.23. The second kappa shape index (κ2) is 10.7. The SMILES string of the molecule is CC1=CC(CN2CCN(c3ncccn3)CC2)C(C(C)C)CC1Cc1nnc(-c2ccccc2)o1. The van der Waals surface area contributed by atoms with Crippen LogP contribution in [0.3, 0.4) is 0 Å². The van der Waals surface area contributed by atoms with E-state index < -0.39 is 0 Å². The van der Waals surface area contributed by atoms with E-state index in [2.05, 4.69) is 56.8 Å². The van der Waals surface area contributed by atoms with Gasteiger partial charge < -0.3 is 9.32 Å². The highest BCUT2D eigenvalue weighted by Crippen LogP contribution is 2.39. The van der Waals surface area contributed by atoms with Crippen LogP contribution in [-0.4, -0.2) is 57.8 Å². The fourth-order valence-electron chi connectivity index (χ4n) is 5.61. The first kappa shape index (κ1) is 23.7. The van der Waals surface area contributed by atoms with Crippen LogP contribution in [0.4, 0.5) is 5.95 Å². The van der Waals surface area contributed by atoms with Crippen LogP contribution < -0.4 is 4.90 Å². The summed E-state index contributed by atoms with van der Waals surface area (Å²) < 4.78 is 6.04. The standard InChI is InChI=1S/C28H36N6O/c1-20(2)25-17-23(18-26-31-32-27(35-26)22-8-5-4-6-9-22)21(3)16-24(25)19-33-12-14-34(15-13-33)28-29-10-7-11-30-28/h4-11,16,20,23-25H,12-15,17-19H2,1-3H3. The summed E-state index contributed by atoms with van der Waals surface area (Å²) >= 11 is 0. The third-order valence-corrected chi connectivity index (χ3v) is 7.67. The molecule has 1 aliphatic heterocycles. The molecule has 7 heteroatoms. The van der Waals surface area contributed by atoms with E-state index in [9.17, 15) is 0 Å². The zero-order valence-electron chi connectivity index (χ0n) is 21.0. The minimum atomic E-state index is 0.454. The normalized spacial score (nSPS) is 23.5. The van der Waals surface area contributed by atoms with Crippen LogP contribution in [0.25, 0.3) is 11.5 Å². The lowest BCUT2D eigenvalue weighted by molar-refractivity contribution is 0.154. The number of benzene rings is 1. The summed E-state index contributed by atoms with van der Waals surface area (Å²) in [4.78, 5) is 13.8. The Morgan fingerprint density at radius 2 is 1.71 bits per heavy atom. The number of allylic oxidation sites excluding steroid dienone is 1. The van der Waals surface area contributed by atoms with Crippen LogP contribution in [-0.2, 0) is 6.42 Å². The van der Waals surface area contributed by atoms with Crippen molar-refractivity contribution in [3.8, 4) is 11.5 Å². The molecule has 1 fully saturated rings. The van der Waals surface area contributed by atoms with Crippen LogP contribution in [0.15, 0.2) is 64.9 Å². The Hall–Kier alpha value is -3.06. The van der Waals surface area contributed by atoms with Crippen LogP contribution >= 0.6 is 0 Å². The third-order valence-electron chi connectivity index (χ3n) is 7.67. The van der Waals surface area contributed by atoms with Crippen LogP contribution in [0, 0.1) is 23.7 Å². The average molecular weight is 473 g/mol. The molecule has 3 aromatic rings. The first-order chi connectivity index (χ1) is 17.1. The molecule has 0 radical (unpaired) electrons. The predicted molar refractivity (Wildman–Crippen MR) is 138 cm³/mol. The van der Waals surface area contributed by atoms with Gasteiger partial charge in [-0.05, 0) is 55.2 Å². The molecular weight excluding hydrogens is 436 g/mol. The molecule has 35 heavy (non-hydrogen) atoms. The van der Waals surface area contributed by atoms with Gasteiger partial charge in [-0.2, -0.15) is 0 Å². The number of piperazine rings is 1. The first-order valence-corrected chi connectivity index (χ1v) is 12.9. The number of aromatic nitrogens is 4. The fourth-order valence-corrected chi connectivity index (χ4v) is 5.61. The second-order valence-corrected chi connectivity index (χ2v) is 10.3. The molecule has 7 nitrogen and oxygen atoms in total. The Labute approximate surface area is 208 Å². The maximum atomic E-state index is 6.04. The van der Waals surface area contributed by atoms with Gasteiger partial charge >= 0.3 is 0 Å². The zero-order valence-corrected chi connectivity index (χ0v) is 21.0. The lowest BCUT2D eigenvalue weighted by Crippen LogP contribution is -2.49. The molecule has 3 atom stereocenters. The van der Waals surface area contributed by atoms with Crippen molar-refractivity contribution in [3.05, 3.63) is 66.3 Å². The van der Waals surface area contributed by atoms with Gasteiger partial charge in [0.2, 0.25) is 17.7 Å². The Balaban J connectivity index is 1.22. The highest BCUT2D eigenvalue weighted by Gasteiger charge is 2.34. The van der Waals surface area contributed by atoms with Crippen molar-refractivity contribution in [2.45, 2.75) is 33.6 Å². The summed E-state index contributed by atoms with van der Waals surface area (Å²) in [6, 6.07) is 11.9. The number of rotatable bonds is 7. The molecule has 1 saturated heterocycles. The Morgan fingerprint density at radius 3 is 2.43 bits per heavy atom. The molecule has 3 heterocycles. The molecule has 1 aromatic carbocycles. The van der Waals surface area contributed by atoms with Crippen molar-refractivity contribution < 1.29 is 4.42 Å². The average Bonchev–Trinajstić information content (AvgIpc) is 3.35. The third kappa shape index (κ3) is 5.61. The van der Waals surface area contributed by atoms with Crippen molar-refractivity contribution in [1.82, 2.24) is 25.1 Å². The molecule has 0 N–H and O–H groups in total. The summed E-state index contributed by atoms with van der Waals surface area (Å²) in [5.41, 5.74) is 2.43. The van der Waals surface area contributed by atoms with Gasteiger partial charge in [-0.15, -0.1) is 10.2 Å². The van der Waals surface area contributed by atoms with Gasteiger partial charge in [0.1, 0.15) is 0 Å². The smallest absolute Gasteiger partial charge is 0.247 e. The summed E-state index contributed by atoms with van der Waals surface area (Å²) in [5.74, 6) is 4.50. The van der Waals surface area contributed by atoms with Gasteiger partial charge in [0.15, 0.2) is 0 Å². The number of hydrogen-bond acceptors (Lipinski definition) is 7. The molecule has 2 aliphatic rings. The van der Waals surface area contributed by atoms with E-state index in [4.69, 9.17) is 4.42 Å². The van der Waals surface area contributed by atoms with Crippen LogP contribution in [0.1, 0.15) is 33.1 Å². The van der Waals surface area contributed by atoms with Crippen LogP contribution in [0.2, 0.25) is 0 Å². The monoisotopic (exact) mass is 472 g/mol. The molecule has 2 aromatic heterocycles. The zero-order chi connectivity index (χ0) is 24.2. The highest BCUT2D eigenvalue weighted by atomic mass is 16.4. The van der Waals surface area contributed by atoms with Crippen molar-refractivity contribution in [3.63, 3.8) is 0 Å². The van der Waals surface area contributed by atoms with Gasteiger partial charge in [0, 0.05) is 57.1 Å². The maximum absolute atomic E-state index is 6.04. The van der Waals surface area contributed by atoms with Gasteiger partial charge in [-0.1, -0.05) is 43.7 Å². The molecule has 5 rings (SSSR count). The van der Waals surface area contributed by atoms with E-state index >= 15 is 0 Å². The van der Waals surface area contributed by atoms with E-state index in [0.29, 0.717) is 29.6 Å². The van der Waals surface area contributed by atoms with Crippen LogP contribution in [0.5, 0.6) is 0 Å². The molecule has 0 saturated carbocycles. The quantitative estimate of drug-likeness (QED) is 0.460. The molecule has 0 bridgehead atoms. The fraction of sp³-hybridized carbons (Fsp3) is 0.500. The summed E-state index contributed by atoms with van der Waals surface area (Å²) in [7, 11) is 0. The number of nitrogens with zero attached hydrogens (tertiary/aromatic N) is 6. The summed E-state index contributed by atoms with van der Waals surface area (Å²) in [6.07, 6.45) is 8.18. The highest BCUT2D eigenvalue weighted by molar-refractivity contribution is 5.51. The minimum absolute atomic E-state index is 0.454. The first-order valence-electron chi connectivity index (χ1n) is 12.9. The summed E-state index contributed by atoms with van der Waals surface area (Å²) in [5, 5.41) is 8.66. The molecule has 3 unspecified atom stereocenters. The van der Waals surface area contributed by atoms with E-state index in [1.165, 1.54) is 12.0 Å². The van der Waals surface area contributed by atoms with Crippen molar-refractivity contribution in [2.24, 2.45) is 23.7 Å². The topological polar surface area (TPSA) is 71.2 Å². The van der Waals surface area contributed by atoms with E-state index in [1.54, 1.807) is 0 Å². The predicted octanol–water partition coefficient (Wildman–Crippen LogP) is 4.75. The number of anilines is 1. The molecule has 0 amide bonds. The largest absolute Gasteiger partial charge is 0.421 e. The van der Waals surface area contributed by atoms with Gasteiger partial charge in [-0.3, -0.25) is 4.90 Å². The minimum Gasteiger partial charge on any atom is -0.421 e. The van der Waals surface area contributed by atoms with E-state index in [1.807, 2.05) is 48.8 Å².